The van der Waals surface area contributed by atoms with Crippen molar-refractivity contribution in [2.75, 3.05) is 13.1 Å². The fraction of sp³-hybridized carbons (Fsp3) is 0.364. The van der Waals surface area contributed by atoms with E-state index >= 15 is 0 Å². The molecular formula is C22H24FNO3. The Morgan fingerprint density at radius 1 is 1.15 bits per heavy atom. The Balaban J connectivity index is 1.60. The Labute approximate surface area is 158 Å². The molecule has 142 valence electrons. The van der Waals surface area contributed by atoms with E-state index in [0.717, 1.165) is 23.1 Å². The van der Waals surface area contributed by atoms with Crippen molar-refractivity contribution in [1.82, 2.24) is 4.90 Å². The highest BCUT2D eigenvalue weighted by molar-refractivity contribution is 5.94. The van der Waals surface area contributed by atoms with E-state index < -0.39 is 0 Å². The monoisotopic (exact) mass is 369 g/mol. The molecule has 0 spiro atoms. The first-order chi connectivity index (χ1) is 12.9. The van der Waals surface area contributed by atoms with Crippen LogP contribution in [0, 0.1) is 25.6 Å². The number of carbonyl (C=O) groups excluding carboxylic acids is 2. The quantitative estimate of drug-likeness (QED) is 0.764. The minimum atomic E-state index is -0.377. The Morgan fingerprint density at radius 3 is 2.63 bits per heavy atom. The molecule has 1 aliphatic rings. The summed E-state index contributed by atoms with van der Waals surface area (Å²) in [5.41, 5.74) is 3.64. The third kappa shape index (κ3) is 4.73. The number of benzene rings is 2. The van der Waals surface area contributed by atoms with Crippen molar-refractivity contribution in [2.45, 2.75) is 33.3 Å². The molecule has 0 radical (unpaired) electrons. The van der Waals surface area contributed by atoms with Gasteiger partial charge < -0.3 is 9.64 Å². The first-order valence-electron chi connectivity index (χ1n) is 9.21. The molecule has 27 heavy (non-hydrogen) atoms. The van der Waals surface area contributed by atoms with Gasteiger partial charge in [0.05, 0.1) is 5.92 Å². The van der Waals surface area contributed by atoms with Crippen molar-refractivity contribution in [3.63, 3.8) is 0 Å². The Kier molecular flexibility index (Phi) is 5.89. The standard InChI is InChI=1S/C22H24FNO3/c1-15-5-6-16(2)19(12-15)14-27-22(26)18-4-3-11-24(13-18)21(25)17-7-9-20(23)10-8-17/h5-10,12,18H,3-4,11,13-14H2,1-2H3. The summed E-state index contributed by atoms with van der Waals surface area (Å²) in [5.74, 6) is -1.15. The number of piperidine rings is 1. The SMILES string of the molecule is Cc1ccc(C)c(COC(=O)C2CCCN(C(=O)c3ccc(F)cc3)C2)c1. The molecule has 0 aliphatic carbocycles. The van der Waals surface area contributed by atoms with E-state index in [-0.39, 0.29) is 30.2 Å². The second-order valence-corrected chi connectivity index (χ2v) is 7.13. The van der Waals surface area contributed by atoms with Gasteiger partial charge in [-0.1, -0.05) is 23.8 Å². The van der Waals surface area contributed by atoms with Crippen LogP contribution in [0.4, 0.5) is 4.39 Å². The van der Waals surface area contributed by atoms with Gasteiger partial charge in [0, 0.05) is 18.7 Å². The lowest BCUT2D eigenvalue weighted by Gasteiger charge is -2.31. The number of hydrogen-bond donors (Lipinski definition) is 0. The molecule has 0 aromatic heterocycles. The van der Waals surface area contributed by atoms with E-state index in [0.29, 0.717) is 25.1 Å². The third-order valence-corrected chi connectivity index (χ3v) is 5.01. The molecule has 0 saturated carbocycles. The number of likely N-dealkylation sites (tertiary alicyclic amines) is 1. The summed E-state index contributed by atoms with van der Waals surface area (Å²) >= 11 is 0. The highest BCUT2D eigenvalue weighted by Crippen LogP contribution is 2.21. The van der Waals surface area contributed by atoms with Crippen LogP contribution in [0.25, 0.3) is 0 Å². The minimum absolute atomic E-state index is 0.179. The van der Waals surface area contributed by atoms with Gasteiger partial charge in [-0.05, 0) is 62.1 Å². The predicted octanol–water partition coefficient (Wildman–Crippen LogP) is 4.04. The van der Waals surface area contributed by atoms with Gasteiger partial charge in [0.2, 0.25) is 0 Å². The lowest BCUT2D eigenvalue weighted by Crippen LogP contribution is -2.42. The molecule has 2 aromatic rings. The fourth-order valence-electron chi connectivity index (χ4n) is 3.35. The molecule has 0 bridgehead atoms. The topological polar surface area (TPSA) is 46.6 Å². The van der Waals surface area contributed by atoms with Gasteiger partial charge in [-0.15, -0.1) is 0 Å². The van der Waals surface area contributed by atoms with Crippen LogP contribution in [0.5, 0.6) is 0 Å². The second-order valence-electron chi connectivity index (χ2n) is 7.13. The van der Waals surface area contributed by atoms with Crippen LogP contribution in [0.15, 0.2) is 42.5 Å². The maximum atomic E-state index is 13.1. The van der Waals surface area contributed by atoms with Crippen LogP contribution in [0.1, 0.15) is 39.9 Å². The number of nitrogens with zero attached hydrogens (tertiary/aromatic N) is 1. The zero-order valence-electron chi connectivity index (χ0n) is 15.7. The number of rotatable bonds is 4. The van der Waals surface area contributed by atoms with Crippen LogP contribution < -0.4 is 0 Å². The molecule has 2 aromatic carbocycles. The molecule has 1 aliphatic heterocycles. The normalized spacial score (nSPS) is 16.9. The summed E-state index contributed by atoms with van der Waals surface area (Å²) in [6, 6.07) is 11.6. The molecule has 1 unspecified atom stereocenters. The highest BCUT2D eigenvalue weighted by atomic mass is 19.1. The number of hydrogen-bond acceptors (Lipinski definition) is 3. The van der Waals surface area contributed by atoms with Crippen molar-refractivity contribution < 1.29 is 18.7 Å². The van der Waals surface area contributed by atoms with Gasteiger partial charge in [0.1, 0.15) is 12.4 Å². The molecule has 5 heteroatoms. The van der Waals surface area contributed by atoms with Gasteiger partial charge >= 0.3 is 5.97 Å². The lowest BCUT2D eigenvalue weighted by molar-refractivity contribution is -0.151. The van der Waals surface area contributed by atoms with Crippen LogP contribution in [0.2, 0.25) is 0 Å². The Hall–Kier alpha value is -2.69. The first kappa shape index (κ1) is 19.1. The molecule has 1 amide bonds. The van der Waals surface area contributed by atoms with Crippen molar-refractivity contribution >= 4 is 11.9 Å². The number of ether oxygens (including phenoxy) is 1. The highest BCUT2D eigenvalue weighted by Gasteiger charge is 2.30. The van der Waals surface area contributed by atoms with Gasteiger partial charge in [0.15, 0.2) is 0 Å². The average Bonchev–Trinajstić information content (AvgIpc) is 2.68. The largest absolute Gasteiger partial charge is 0.461 e. The third-order valence-electron chi connectivity index (χ3n) is 5.01. The fourth-order valence-corrected chi connectivity index (χ4v) is 3.35. The van der Waals surface area contributed by atoms with E-state index in [1.54, 1.807) is 4.90 Å². The molecular weight excluding hydrogens is 345 g/mol. The average molecular weight is 369 g/mol. The summed E-state index contributed by atoms with van der Waals surface area (Å²) in [6.07, 6.45) is 1.45. The molecule has 1 atom stereocenters. The Bertz CT molecular complexity index is 832. The number of esters is 1. The van der Waals surface area contributed by atoms with Crippen LogP contribution in [-0.4, -0.2) is 29.9 Å². The van der Waals surface area contributed by atoms with Gasteiger partial charge in [-0.2, -0.15) is 0 Å². The second kappa shape index (κ2) is 8.33. The molecule has 1 saturated heterocycles. The van der Waals surface area contributed by atoms with Gasteiger partial charge in [-0.3, -0.25) is 9.59 Å². The zero-order chi connectivity index (χ0) is 19.4. The van der Waals surface area contributed by atoms with E-state index in [9.17, 15) is 14.0 Å². The summed E-state index contributed by atoms with van der Waals surface area (Å²) in [7, 11) is 0. The number of carbonyl (C=O) groups is 2. The van der Waals surface area contributed by atoms with Crippen LogP contribution in [0.3, 0.4) is 0 Å². The summed E-state index contributed by atoms with van der Waals surface area (Å²) in [4.78, 5) is 26.8. The van der Waals surface area contributed by atoms with Gasteiger partial charge in [-0.25, -0.2) is 4.39 Å². The molecule has 1 fully saturated rings. The smallest absolute Gasteiger partial charge is 0.311 e. The first-order valence-corrected chi connectivity index (χ1v) is 9.21. The molecule has 1 heterocycles. The van der Waals surface area contributed by atoms with Crippen LogP contribution in [-0.2, 0) is 16.1 Å². The van der Waals surface area contributed by atoms with Gasteiger partial charge in [0.25, 0.3) is 5.91 Å². The maximum Gasteiger partial charge on any atom is 0.311 e. The maximum absolute atomic E-state index is 13.1. The van der Waals surface area contributed by atoms with E-state index in [4.69, 9.17) is 4.74 Å². The summed E-state index contributed by atoms with van der Waals surface area (Å²) < 4.78 is 18.6. The van der Waals surface area contributed by atoms with Crippen molar-refractivity contribution in [1.29, 1.82) is 0 Å². The van der Waals surface area contributed by atoms with E-state index in [2.05, 4.69) is 0 Å². The lowest BCUT2D eigenvalue weighted by atomic mass is 9.97. The minimum Gasteiger partial charge on any atom is -0.461 e. The molecule has 0 N–H and O–H groups in total. The molecule has 4 nitrogen and oxygen atoms in total. The van der Waals surface area contributed by atoms with E-state index in [1.807, 2.05) is 32.0 Å². The number of halogens is 1. The summed E-state index contributed by atoms with van der Waals surface area (Å²) in [5, 5.41) is 0. The van der Waals surface area contributed by atoms with Crippen molar-refractivity contribution in [3.05, 3.63) is 70.5 Å². The van der Waals surface area contributed by atoms with E-state index in [1.165, 1.54) is 24.3 Å². The molecule has 3 rings (SSSR count). The van der Waals surface area contributed by atoms with Crippen molar-refractivity contribution in [2.24, 2.45) is 5.92 Å². The Morgan fingerprint density at radius 2 is 1.89 bits per heavy atom. The zero-order valence-corrected chi connectivity index (χ0v) is 15.7. The number of amides is 1. The van der Waals surface area contributed by atoms with Crippen LogP contribution >= 0.6 is 0 Å². The summed E-state index contributed by atoms with van der Waals surface area (Å²) in [6.45, 7) is 5.17. The van der Waals surface area contributed by atoms with Crippen molar-refractivity contribution in [3.8, 4) is 0 Å². The predicted molar refractivity (Wildman–Crippen MR) is 101 cm³/mol. The number of aryl methyl sites for hydroxylation is 2.